The molecule has 2 aliphatic rings. The molecule has 0 bridgehead atoms. The van der Waals surface area contributed by atoms with E-state index in [2.05, 4.69) is 28.9 Å². The number of hydrogen-bond donors (Lipinski definition) is 2. The molecule has 94 valence electrons. The van der Waals surface area contributed by atoms with E-state index in [0.29, 0.717) is 0 Å². The van der Waals surface area contributed by atoms with Gasteiger partial charge in [-0.05, 0) is 43.0 Å². The SMILES string of the molecule is O=C(Nc1cccc2c1CCNC2)C1CC=CC1. The Morgan fingerprint density at radius 3 is 2.94 bits per heavy atom. The van der Waals surface area contributed by atoms with Crippen molar-refractivity contribution in [1.29, 1.82) is 0 Å². The van der Waals surface area contributed by atoms with Crippen molar-refractivity contribution in [3.8, 4) is 0 Å². The minimum atomic E-state index is 0.127. The zero-order chi connectivity index (χ0) is 12.4. The highest BCUT2D eigenvalue weighted by atomic mass is 16.1. The first kappa shape index (κ1) is 11.5. The summed E-state index contributed by atoms with van der Waals surface area (Å²) in [4.78, 5) is 12.1. The van der Waals surface area contributed by atoms with Crippen LogP contribution in [0.2, 0.25) is 0 Å². The maximum absolute atomic E-state index is 12.1. The zero-order valence-electron chi connectivity index (χ0n) is 10.4. The van der Waals surface area contributed by atoms with Gasteiger partial charge in [0.1, 0.15) is 0 Å². The Hall–Kier alpha value is -1.61. The number of benzene rings is 1. The van der Waals surface area contributed by atoms with Gasteiger partial charge in [-0.15, -0.1) is 0 Å². The number of allylic oxidation sites excluding steroid dienone is 2. The number of hydrogen-bond acceptors (Lipinski definition) is 2. The molecule has 3 heteroatoms. The highest BCUT2D eigenvalue weighted by molar-refractivity contribution is 5.94. The smallest absolute Gasteiger partial charge is 0.228 e. The summed E-state index contributed by atoms with van der Waals surface area (Å²) in [7, 11) is 0. The molecular formula is C15H18N2O. The van der Waals surface area contributed by atoms with E-state index in [0.717, 1.165) is 38.0 Å². The van der Waals surface area contributed by atoms with Gasteiger partial charge in [-0.1, -0.05) is 24.3 Å². The topological polar surface area (TPSA) is 41.1 Å². The molecular weight excluding hydrogens is 224 g/mol. The summed E-state index contributed by atoms with van der Waals surface area (Å²) < 4.78 is 0. The minimum Gasteiger partial charge on any atom is -0.326 e. The summed E-state index contributed by atoms with van der Waals surface area (Å²) in [5.74, 6) is 0.287. The van der Waals surface area contributed by atoms with Crippen molar-refractivity contribution in [3.63, 3.8) is 0 Å². The molecule has 3 rings (SSSR count). The molecule has 1 amide bonds. The predicted molar refractivity (Wildman–Crippen MR) is 72.3 cm³/mol. The Labute approximate surface area is 107 Å². The molecule has 0 fully saturated rings. The number of anilines is 1. The third kappa shape index (κ3) is 2.18. The highest BCUT2D eigenvalue weighted by Crippen LogP contribution is 2.25. The maximum Gasteiger partial charge on any atom is 0.228 e. The van der Waals surface area contributed by atoms with Gasteiger partial charge in [0.25, 0.3) is 0 Å². The van der Waals surface area contributed by atoms with Crippen molar-refractivity contribution in [3.05, 3.63) is 41.5 Å². The number of carbonyl (C=O) groups excluding carboxylic acids is 1. The summed E-state index contributed by atoms with van der Waals surface area (Å²) in [5.41, 5.74) is 3.62. The molecule has 0 radical (unpaired) electrons. The van der Waals surface area contributed by atoms with E-state index < -0.39 is 0 Å². The molecule has 0 unspecified atom stereocenters. The van der Waals surface area contributed by atoms with Gasteiger partial charge < -0.3 is 10.6 Å². The lowest BCUT2D eigenvalue weighted by Crippen LogP contribution is -2.26. The molecule has 3 nitrogen and oxygen atoms in total. The fraction of sp³-hybridized carbons (Fsp3) is 0.400. The first-order valence-electron chi connectivity index (χ1n) is 6.62. The summed E-state index contributed by atoms with van der Waals surface area (Å²) in [6.45, 7) is 1.90. The van der Waals surface area contributed by atoms with Gasteiger partial charge in [-0.3, -0.25) is 4.79 Å². The van der Waals surface area contributed by atoms with Crippen molar-refractivity contribution in [1.82, 2.24) is 5.32 Å². The minimum absolute atomic E-state index is 0.127. The van der Waals surface area contributed by atoms with E-state index in [1.54, 1.807) is 0 Å². The van der Waals surface area contributed by atoms with Gasteiger partial charge in [-0.25, -0.2) is 0 Å². The third-order valence-electron chi connectivity index (χ3n) is 3.78. The number of rotatable bonds is 2. The lowest BCUT2D eigenvalue weighted by molar-refractivity contribution is -0.119. The van der Waals surface area contributed by atoms with E-state index in [-0.39, 0.29) is 11.8 Å². The quantitative estimate of drug-likeness (QED) is 0.781. The first-order chi connectivity index (χ1) is 8.84. The van der Waals surface area contributed by atoms with Crippen molar-refractivity contribution in [2.45, 2.75) is 25.8 Å². The van der Waals surface area contributed by atoms with Crippen LogP contribution >= 0.6 is 0 Å². The molecule has 0 saturated carbocycles. The largest absolute Gasteiger partial charge is 0.326 e. The second-order valence-electron chi connectivity index (χ2n) is 5.00. The van der Waals surface area contributed by atoms with Crippen LogP contribution in [-0.2, 0) is 17.8 Å². The van der Waals surface area contributed by atoms with E-state index in [4.69, 9.17) is 0 Å². The molecule has 1 aromatic rings. The van der Waals surface area contributed by atoms with E-state index in [1.807, 2.05) is 12.1 Å². The van der Waals surface area contributed by atoms with Crippen LogP contribution in [0, 0.1) is 5.92 Å². The maximum atomic E-state index is 12.1. The third-order valence-corrected chi connectivity index (χ3v) is 3.78. The van der Waals surface area contributed by atoms with Crippen LogP contribution in [0.15, 0.2) is 30.4 Å². The Morgan fingerprint density at radius 1 is 1.28 bits per heavy atom. The average Bonchev–Trinajstić information content (AvgIpc) is 2.93. The van der Waals surface area contributed by atoms with Gasteiger partial charge in [0.2, 0.25) is 5.91 Å². The van der Waals surface area contributed by atoms with E-state index in [9.17, 15) is 4.79 Å². The Balaban J connectivity index is 1.78. The lowest BCUT2D eigenvalue weighted by atomic mass is 9.98. The molecule has 2 N–H and O–H groups in total. The average molecular weight is 242 g/mol. The van der Waals surface area contributed by atoms with Crippen LogP contribution < -0.4 is 10.6 Å². The lowest BCUT2D eigenvalue weighted by Gasteiger charge is -2.21. The number of fused-ring (bicyclic) bond motifs is 1. The summed E-state index contributed by atoms with van der Waals surface area (Å²) in [5, 5.41) is 6.46. The van der Waals surface area contributed by atoms with Gasteiger partial charge in [0.05, 0.1) is 0 Å². The number of nitrogens with one attached hydrogen (secondary N) is 2. The van der Waals surface area contributed by atoms with Crippen molar-refractivity contribution >= 4 is 11.6 Å². The summed E-state index contributed by atoms with van der Waals surface area (Å²) in [6, 6.07) is 6.17. The van der Waals surface area contributed by atoms with Crippen molar-refractivity contribution < 1.29 is 4.79 Å². The van der Waals surface area contributed by atoms with Gasteiger partial charge in [0.15, 0.2) is 0 Å². The number of amides is 1. The molecule has 0 atom stereocenters. The second kappa shape index (κ2) is 4.94. The monoisotopic (exact) mass is 242 g/mol. The van der Waals surface area contributed by atoms with Gasteiger partial charge in [-0.2, -0.15) is 0 Å². The molecule has 1 aliphatic heterocycles. The molecule has 1 heterocycles. The first-order valence-corrected chi connectivity index (χ1v) is 6.62. The van der Waals surface area contributed by atoms with Crippen LogP contribution in [0.1, 0.15) is 24.0 Å². The van der Waals surface area contributed by atoms with Crippen LogP contribution in [0.25, 0.3) is 0 Å². The standard InChI is InChI=1S/C15H18N2O/c18-15(11-4-1-2-5-11)17-14-7-3-6-12-10-16-9-8-13(12)14/h1-3,6-7,11,16H,4-5,8-10H2,(H,17,18). The van der Waals surface area contributed by atoms with Crippen molar-refractivity contribution in [2.24, 2.45) is 5.92 Å². The number of carbonyl (C=O) groups is 1. The summed E-state index contributed by atoms with van der Waals surface area (Å²) >= 11 is 0. The van der Waals surface area contributed by atoms with Gasteiger partial charge >= 0.3 is 0 Å². The molecule has 0 spiro atoms. The van der Waals surface area contributed by atoms with Crippen LogP contribution in [-0.4, -0.2) is 12.5 Å². The predicted octanol–water partition coefficient (Wildman–Crippen LogP) is 2.24. The molecule has 1 aromatic carbocycles. The Bertz CT molecular complexity index is 485. The fourth-order valence-corrected chi connectivity index (χ4v) is 2.72. The van der Waals surface area contributed by atoms with Crippen LogP contribution in [0.3, 0.4) is 0 Å². The summed E-state index contributed by atoms with van der Waals surface area (Å²) in [6.07, 6.45) is 6.93. The molecule has 1 aliphatic carbocycles. The highest BCUT2D eigenvalue weighted by Gasteiger charge is 2.21. The van der Waals surface area contributed by atoms with Crippen molar-refractivity contribution in [2.75, 3.05) is 11.9 Å². The zero-order valence-corrected chi connectivity index (χ0v) is 10.4. The van der Waals surface area contributed by atoms with E-state index in [1.165, 1.54) is 11.1 Å². The molecule has 0 saturated heterocycles. The van der Waals surface area contributed by atoms with Crippen LogP contribution in [0.5, 0.6) is 0 Å². The van der Waals surface area contributed by atoms with Gasteiger partial charge in [0, 0.05) is 18.2 Å². The molecule has 18 heavy (non-hydrogen) atoms. The molecule has 0 aromatic heterocycles. The Morgan fingerprint density at radius 2 is 2.11 bits per heavy atom. The second-order valence-corrected chi connectivity index (χ2v) is 5.00. The van der Waals surface area contributed by atoms with Crippen LogP contribution in [0.4, 0.5) is 5.69 Å². The fourth-order valence-electron chi connectivity index (χ4n) is 2.72. The normalized spacial score (nSPS) is 18.7. The Kier molecular flexibility index (Phi) is 3.15. The van der Waals surface area contributed by atoms with E-state index >= 15 is 0 Å².